The maximum atomic E-state index is 11.5. The van der Waals surface area contributed by atoms with E-state index in [0.717, 1.165) is 0 Å². The van der Waals surface area contributed by atoms with Crippen molar-refractivity contribution >= 4 is 15.8 Å². The number of carboxylic acids is 1. The highest BCUT2D eigenvalue weighted by molar-refractivity contribution is 7.96. The fourth-order valence-electron chi connectivity index (χ4n) is 0.857. The summed E-state index contributed by atoms with van der Waals surface area (Å²) < 4.78 is 23.0. The fraction of sp³-hybridized carbons (Fsp3) is 0. The maximum absolute atomic E-state index is 11.5. The molecule has 0 atom stereocenters. The third kappa shape index (κ3) is 1.82. The Morgan fingerprint density at radius 1 is 1.21 bits per heavy atom. The van der Waals surface area contributed by atoms with Crippen LogP contribution in [0.4, 0.5) is 0 Å². The Morgan fingerprint density at radius 2 is 1.71 bits per heavy atom. The lowest BCUT2D eigenvalue weighted by Gasteiger charge is -2.02. The number of rotatable bonds is 3. The van der Waals surface area contributed by atoms with Crippen molar-refractivity contribution in [3.63, 3.8) is 0 Å². The fourth-order valence-corrected chi connectivity index (χ4v) is 1.89. The molecule has 0 aliphatic heterocycles. The minimum absolute atomic E-state index is 0.0626. The summed E-state index contributed by atoms with van der Waals surface area (Å²) in [6.07, 6.45) is 0. The van der Waals surface area contributed by atoms with E-state index in [0.29, 0.717) is 0 Å². The second kappa shape index (κ2) is 3.63. The van der Waals surface area contributed by atoms with Crippen molar-refractivity contribution in [3.05, 3.63) is 41.8 Å². The molecule has 5 heteroatoms. The molecule has 0 saturated heterocycles. The standard InChI is InChI=1S/C9H8O4S/c1-7(9(10)11)14(12,13)8-5-3-2-4-6-8/h2-6H,1H2,(H,10,11). The average Bonchev–Trinajstić information content (AvgIpc) is 2.18. The number of benzene rings is 1. The predicted molar refractivity (Wildman–Crippen MR) is 50.4 cm³/mol. The van der Waals surface area contributed by atoms with E-state index >= 15 is 0 Å². The Bertz CT molecular complexity index is 459. The Morgan fingerprint density at radius 3 is 2.14 bits per heavy atom. The van der Waals surface area contributed by atoms with Gasteiger partial charge in [0.15, 0.2) is 0 Å². The number of aliphatic carboxylic acids is 1. The van der Waals surface area contributed by atoms with E-state index in [-0.39, 0.29) is 4.90 Å². The van der Waals surface area contributed by atoms with Crippen LogP contribution in [0.15, 0.2) is 46.7 Å². The van der Waals surface area contributed by atoms with Crippen LogP contribution < -0.4 is 0 Å². The van der Waals surface area contributed by atoms with Gasteiger partial charge in [-0.1, -0.05) is 24.8 Å². The van der Waals surface area contributed by atoms with Gasteiger partial charge in [0.25, 0.3) is 0 Å². The van der Waals surface area contributed by atoms with Crippen molar-refractivity contribution in [3.8, 4) is 0 Å². The molecule has 0 unspecified atom stereocenters. The molecule has 0 aliphatic carbocycles. The first-order valence-electron chi connectivity index (χ1n) is 3.68. The Balaban J connectivity index is 3.23. The van der Waals surface area contributed by atoms with E-state index in [9.17, 15) is 13.2 Å². The molecule has 0 radical (unpaired) electrons. The monoisotopic (exact) mass is 212 g/mol. The summed E-state index contributed by atoms with van der Waals surface area (Å²) in [5, 5.41) is 8.50. The van der Waals surface area contributed by atoms with Crippen LogP contribution in [-0.4, -0.2) is 19.5 Å². The van der Waals surface area contributed by atoms with Crippen molar-refractivity contribution in [2.24, 2.45) is 0 Å². The Hall–Kier alpha value is -1.62. The quantitative estimate of drug-likeness (QED) is 0.760. The summed E-state index contributed by atoms with van der Waals surface area (Å²) in [5.74, 6) is -1.53. The first-order valence-corrected chi connectivity index (χ1v) is 5.17. The Labute approximate surface area is 81.4 Å². The van der Waals surface area contributed by atoms with E-state index in [1.54, 1.807) is 6.07 Å². The topological polar surface area (TPSA) is 71.4 Å². The van der Waals surface area contributed by atoms with Crippen LogP contribution in [0.2, 0.25) is 0 Å². The van der Waals surface area contributed by atoms with Crippen molar-refractivity contribution in [1.82, 2.24) is 0 Å². The molecule has 1 rings (SSSR count). The minimum atomic E-state index is -3.93. The predicted octanol–water partition coefficient (Wildman–Crippen LogP) is 1.06. The molecule has 0 fully saturated rings. The SMILES string of the molecule is C=C(C(=O)O)S(=O)(=O)c1ccccc1. The van der Waals surface area contributed by atoms with Gasteiger partial charge in [0.1, 0.15) is 4.91 Å². The zero-order valence-electron chi connectivity index (χ0n) is 7.17. The first kappa shape index (κ1) is 10.5. The molecule has 0 aliphatic rings. The largest absolute Gasteiger partial charge is 0.477 e. The van der Waals surface area contributed by atoms with Gasteiger partial charge in [-0.3, -0.25) is 0 Å². The van der Waals surface area contributed by atoms with E-state index in [1.807, 2.05) is 0 Å². The van der Waals surface area contributed by atoms with Crippen LogP contribution in [0.5, 0.6) is 0 Å². The smallest absolute Gasteiger partial charge is 0.347 e. The van der Waals surface area contributed by atoms with Gasteiger partial charge in [0.2, 0.25) is 9.84 Å². The molecule has 0 bridgehead atoms. The number of hydrogen-bond acceptors (Lipinski definition) is 3. The van der Waals surface area contributed by atoms with Gasteiger partial charge < -0.3 is 5.11 Å². The average molecular weight is 212 g/mol. The van der Waals surface area contributed by atoms with Gasteiger partial charge >= 0.3 is 5.97 Å². The van der Waals surface area contributed by atoms with Crippen molar-refractivity contribution in [2.45, 2.75) is 4.90 Å². The summed E-state index contributed by atoms with van der Waals surface area (Å²) >= 11 is 0. The second-order valence-electron chi connectivity index (χ2n) is 2.54. The van der Waals surface area contributed by atoms with Crippen LogP contribution >= 0.6 is 0 Å². The molecule has 0 heterocycles. The molecule has 0 amide bonds. The lowest BCUT2D eigenvalue weighted by Crippen LogP contribution is -2.11. The van der Waals surface area contributed by atoms with Crippen LogP contribution in [0.3, 0.4) is 0 Å². The number of hydrogen-bond donors (Lipinski definition) is 1. The maximum Gasteiger partial charge on any atom is 0.347 e. The molecule has 1 aromatic rings. The highest BCUT2D eigenvalue weighted by Gasteiger charge is 2.23. The van der Waals surface area contributed by atoms with Gasteiger partial charge in [0.05, 0.1) is 4.90 Å². The van der Waals surface area contributed by atoms with Crippen LogP contribution in [0.25, 0.3) is 0 Å². The van der Waals surface area contributed by atoms with Gasteiger partial charge in [-0.2, -0.15) is 0 Å². The molecule has 0 saturated carbocycles. The number of carboxylic acid groups (broad SMARTS) is 1. The van der Waals surface area contributed by atoms with E-state index < -0.39 is 20.7 Å². The lowest BCUT2D eigenvalue weighted by atomic mass is 10.4. The lowest BCUT2D eigenvalue weighted by molar-refractivity contribution is -0.131. The molecule has 14 heavy (non-hydrogen) atoms. The zero-order valence-corrected chi connectivity index (χ0v) is 7.99. The first-order chi connectivity index (χ1) is 6.46. The van der Waals surface area contributed by atoms with Crippen LogP contribution in [0, 0.1) is 0 Å². The normalized spacial score (nSPS) is 10.9. The minimum Gasteiger partial charge on any atom is -0.477 e. The van der Waals surface area contributed by atoms with Gasteiger partial charge in [-0.25, -0.2) is 13.2 Å². The molecule has 0 aromatic heterocycles. The molecule has 4 nitrogen and oxygen atoms in total. The summed E-state index contributed by atoms with van der Waals surface area (Å²) in [7, 11) is -3.93. The molecule has 1 aromatic carbocycles. The number of sulfone groups is 1. The van der Waals surface area contributed by atoms with Gasteiger partial charge in [-0.05, 0) is 12.1 Å². The summed E-state index contributed by atoms with van der Waals surface area (Å²) in [6.45, 7) is 3.01. The Kier molecular flexibility index (Phi) is 2.71. The van der Waals surface area contributed by atoms with Crippen molar-refractivity contribution in [1.29, 1.82) is 0 Å². The summed E-state index contributed by atoms with van der Waals surface area (Å²) in [4.78, 5) is 9.56. The molecular weight excluding hydrogens is 204 g/mol. The highest BCUT2D eigenvalue weighted by atomic mass is 32.2. The second-order valence-corrected chi connectivity index (χ2v) is 4.52. The zero-order chi connectivity index (χ0) is 10.8. The third-order valence-corrected chi connectivity index (χ3v) is 3.33. The molecule has 1 N–H and O–H groups in total. The number of carbonyl (C=O) groups is 1. The molecule has 0 spiro atoms. The van der Waals surface area contributed by atoms with E-state index in [2.05, 4.69) is 6.58 Å². The van der Waals surface area contributed by atoms with Crippen LogP contribution in [-0.2, 0) is 14.6 Å². The van der Waals surface area contributed by atoms with E-state index in [4.69, 9.17) is 5.11 Å². The van der Waals surface area contributed by atoms with Gasteiger partial charge in [0, 0.05) is 0 Å². The summed E-state index contributed by atoms with van der Waals surface area (Å²) in [6, 6.07) is 7.32. The summed E-state index contributed by atoms with van der Waals surface area (Å²) in [5.41, 5.74) is 0. The molecular formula is C9H8O4S. The highest BCUT2D eigenvalue weighted by Crippen LogP contribution is 2.16. The van der Waals surface area contributed by atoms with Crippen molar-refractivity contribution < 1.29 is 18.3 Å². The van der Waals surface area contributed by atoms with Crippen molar-refractivity contribution in [2.75, 3.05) is 0 Å². The van der Waals surface area contributed by atoms with Crippen LogP contribution in [0.1, 0.15) is 0 Å². The van der Waals surface area contributed by atoms with E-state index in [1.165, 1.54) is 24.3 Å². The molecule has 74 valence electrons. The third-order valence-electron chi connectivity index (χ3n) is 1.62. The van der Waals surface area contributed by atoms with Gasteiger partial charge in [-0.15, -0.1) is 0 Å².